The summed E-state index contributed by atoms with van der Waals surface area (Å²) in [5, 5.41) is 0. The molecule has 0 spiro atoms. The molecular formula is C12H15NO3. The van der Waals surface area contributed by atoms with Gasteiger partial charge in [0.2, 0.25) is 0 Å². The van der Waals surface area contributed by atoms with Crippen LogP contribution in [0.1, 0.15) is 24.5 Å². The van der Waals surface area contributed by atoms with Gasteiger partial charge in [-0.05, 0) is 38.0 Å². The van der Waals surface area contributed by atoms with Gasteiger partial charge in [-0.25, -0.2) is 10.3 Å². The Morgan fingerprint density at radius 2 is 2.00 bits per heavy atom. The lowest BCUT2D eigenvalue weighted by Crippen LogP contribution is -2.13. The van der Waals surface area contributed by atoms with Crippen molar-refractivity contribution in [2.45, 2.75) is 27.2 Å². The van der Waals surface area contributed by atoms with Crippen LogP contribution in [0.2, 0.25) is 0 Å². The third kappa shape index (κ3) is 3.73. The molecule has 0 aliphatic carbocycles. The summed E-state index contributed by atoms with van der Waals surface area (Å²) in [5.74, 6) is -0.791. The third-order valence-corrected chi connectivity index (χ3v) is 2.06. The summed E-state index contributed by atoms with van der Waals surface area (Å²) < 4.78 is 0. The topological polar surface area (TPSA) is 55.4 Å². The number of carbonyl (C=O) groups excluding carboxylic acids is 2. The van der Waals surface area contributed by atoms with E-state index in [1.165, 1.54) is 6.92 Å². The normalized spacial score (nSPS) is 9.69. The summed E-state index contributed by atoms with van der Waals surface area (Å²) in [5.41, 5.74) is 5.33. The highest BCUT2D eigenvalue weighted by atomic mass is 16.7. The van der Waals surface area contributed by atoms with Crippen molar-refractivity contribution in [3.63, 3.8) is 0 Å². The zero-order valence-electron chi connectivity index (χ0n) is 9.66. The van der Waals surface area contributed by atoms with E-state index in [9.17, 15) is 9.59 Å². The molecule has 1 rings (SSSR count). The highest BCUT2D eigenvalue weighted by Gasteiger charge is 2.07. The second-order valence-electron chi connectivity index (χ2n) is 3.77. The molecule has 0 saturated heterocycles. The number of ketones is 1. The van der Waals surface area contributed by atoms with Gasteiger partial charge >= 0.3 is 5.97 Å². The first-order chi connectivity index (χ1) is 7.49. The first-order valence-electron chi connectivity index (χ1n) is 5.01. The molecule has 0 fully saturated rings. The number of rotatable bonds is 4. The average Bonchev–Trinajstić information content (AvgIpc) is 2.18. The average molecular weight is 221 g/mol. The molecule has 16 heavy (non-hydrogen) atoms. The van der Waals surface area contributed by atoms with Gasteiger partial charge in [0.1, 0.15) is 12.2 Å². The summed E-state index contributed by atoms with van der Waals surface area (Å²) in [7, 11) is 0. The minimum atomic E-state index is -0.576. The monoisotopic (exact) mass is 221 g/mol. The highest BCUT2D eigenvalue weighted by Crippen LogP contribution is 2.16. The molecule has 0 saturated carbocycles. The molecule has 0 heterocycles. The number of aryl methyl sites for hydroxylation is 2. The van der Waals surface area contributed by atoms with E-state index in [1.807, 2.05) is 32.0 Å². The molecular weight excluding hydrogens is 206 g/mol. The first-order valence-corrected chi connectivity index (χ1v) is 5.01. The second-order valence-corrected chi connectivity index (χ2v) is 3.77. The molecule has 0 atom stereocenters. The van der Waals surface area contributed by atoms with Gasteiger partial charge in [-0.1, -0.05) is 12.1 Å². The number of Topliss-reactive ketones (excluding diaryl/α,β-unsaturated/α-hetero) is 1. The number of nitrogens with one attached hydrogen (secondary N) is 1. The van der Waals surface area contributed by atoms with Crippen molar-refractivity contribution in [1.82, 2.24) is 0 Å². The molecule has 0 aliphatic heterocycles. The largest absolute Gasteiger partial charge is 0.343 e. The van der Waals surface area contributed by atoms with Gasteiger partial charge in [0.15, 0.2) is 0 Å². The van der Waals surface area contributed by atoms with Crippen LogP contribution in [0.15, 0.2) is 18.2 Å². The lowest BCUT2D eigenvalue weighted by Gasteiger charge is -2.09. The van der Waals surface area contributed by atoms with E-state index in [0.717, 1.165) is 16.8 Å². The summed E-state index contributed by atoms with van der Waals surface area (Å²) in [4.78, 5) is 26.5. The Morgan fingerprint density at radius 1 is 1.31 bits per heavy atom. The number of anilines is 1. The minimum absolute atomic E-state index is 0.210. The van der Waals surface area contributed by atoms with Crippen LogP contribution in [0, 0.1) is 13.8 Å². The zero-order valence-corrected chi connectivity index (χ0v) is 9.66. The molecule has 0 unspecified atom stereocenters. The van der Waals surface area contributed by atoms with E-state index in [1.54, 1.807) is 0 Å². The molecule has 0 amide bonds. The smallest absolute Gasteiger partial charge is 0.339 e. The number of hydrogen-bond donors (Lipinski definition) is 1. The molecule has 0 bridgehead atoms. The second kappa shape index (κ2) is 5.30. The molecule has 1 aromatic rings. The van der Waals surface area contributed by atoms with Crippen molar-refractivity contribution in [1.29, 1.82) is 0 Å². The summed E-state index contributed by atoms with van der Waals surface area (Å²) >= 11 is 0. The maximum Gasteiger partial charge on any atom is 0.339 e. The Balaban J connectivity index is 2.57. The minimum Gasteiger partial charge on any atom is -0.343 e. The van der Waals surface area contributed by atoms with E-state index in [0.29, 0.717) is 0 Å². The van der Waals surface area contributed by atoms with Crippen LogP contribution in [0.25, 0.3) is 0 Å². The van der Waals surface area contributed by atoms with Crippen LogP contribution in [0.4, 0.5) is 5.69 Å². The first kappa shape index (κ1) is 12.2. The molecule has 4 nitrogen and oxygen atoms in total. The van der Waals surface area contributed by atoms with Gasteiger partial charge in [-0.3, -0.25) is 4.79 Å². The molecule has 0 radical (unpaired) electrons. The molecule has 1 N–H and O–H groups in total. The van der Waals surface area contributed by atoms with Crippen molar-refractivity contribution in [3.05, 3.63) is 29.3 Å². The van der Waals surface area contributed by atoms with Gasteiger partial charge in [0.25, 0.3) is 0 Å². The van der Waals surface area contributed by atoms with E-state index in [-0.39, 0.29) is 12.2 Å². The quantitative estimate of drug-likeness (QED) is 0.625. The van der Waals surface area contributed by atoms with Crippen LogP contribution >= 0.6 is 0 Å². The van der Waals surface area contributed by atoms with Crippen LogP contribution in [-0.4, -0.2) is 11.8 Å². The third-order valence-electron chi connectivity index (χ3n) is 2.06. The predicted octanol–water partition coefficient (Wildman–Crippen LogP) is 2.15. The Labute approximate surface area is 94.6 Å². The Bertz CT molecular complexity index is 413. The van der Waals surface area contributed by atoms with Gasteiger partial charge in [0.05, 0.1) is 5.69 Å². The fourth-order valence-electron chi connectivity index (χ4n) is 1.20. The molecule has 0 aliphatic rings. The van der Waals surface area contributed by atoms with Gasteiger partial charge in [-0.2, -0.15) is 0 Å². The Kier molecular flexibility index (Phi) is 4.05. The summed E-state index contributed by atoms with van der Waals surface area (Å²) in [6.45, 7) is 5.20. The number of carbonyl (C=O) groups is 2. The lowest BCUT2D eigenvalue weighted by atomic mass is 10.1. The number of benzene rings is 1. The maximum atomic E-state index is 11.1. The fraction of sp³-hybridized carbons (Fsp3) is 0.333. The molecule has 86 valence electrons. The van der Waals surface area contributed by atoms with E-state index >= 15 is 0 Å². The number of hydrogen-bond acceptors (Lipinski definition) is 4. The SMILES string of the molecule is CC(=O)CC(=O)ONc1cc(C)ccc1C. The van der Waals surface area contributed by atoms with E-state index < -0.39 is 5.97 Å². The van der Waals surface area contributed by atoms with Crippen LogP contribution < -0.4 is 5.48 Å². The Hall–Kier alpha value is -1.84. The van der Waals surface area contributed by atoms with Crippen molar-refractivity contribution >= 4 is 17.4 Å². The maximum absolute atomic E-state index is 11.1. The van der Waals surface area contributed by atoms with Crippen molar-refractivity contribution in [2.75, 3.05) is 5.48 Å². The molecule has 1 aromatic carbocycles. The summed E-state index contributed by atoms with van der Waals surface area (Å²) in [6, 6.07) is 5.77. The van der Waals surface area contributed by atoms with Gasteiger partial charge in [0, 0.05) is 0 Å². The van der Waals surface area contributed by atoms with Crippen molar-refractivity contribution in [3.8, 4) is 0 Å². The molecule has 4 heteroatoms. The lowest BCUT2D eigenvalue weighted by molar-refractivity contribution is -0.143. The predicted molar refractivity (Wildman–Crippen MR) is 60.9 cm³/mol. The van der Waals surface area contributed by atoms with Crippen LogP contribution in [0.5, 0.6) is 0 Å². The van der Waals surface area contributed by atoms with E-state index in [2.05, 4.69) is 5.48 Å². The summed E-state index contributed by atoms with van der Waals surface area (Å²) in [6.07, 6.45) is -0.210. The van der Waals surface area contributed by atoms with Crippen LogP contribution in [-0.2, 0) is 14.4 Å². The van der Waals surface area contributed by atoms with E-state index in [4.69, 9.17) is 4.84 Å². The van der Waals surface area contributed by atoms with Gasteiger partial charge < -0.3 is 4.84 Å². The fourth-order valence-corrected chi connectivity index (χ4v) is 1.20. The van der Waals surface area contributed by atoms with Crippen LogP contribution in [0.3, 0.4) is 0 Å². The zero-order chi connectivity index (χ0) is 12.1. The standard InChI is InChI=1S/C12H15NO3/c1-8-4-5-9(2)11(6-8)13-16-12(15)7-10(3)14/h4-6,13H,7H2,1-3H3. The van der Waals surface area contributed by atoms with Crippen molar-refractivity contribution in [2.24, 2.45) is 0 Å². The highest BCUT2D eigenvalue weighted by molar-refractivity contribution is 5.94. The van der Waals surface area contributed by atoms with Gasteiger partial charge in [-0.15, -0.1) is 0 Å². The van der Waals surface area contributed by atoms with Crippen molar-refractivity contribution < 1.29 is 14.4 Å². The molecule has 0 aromatic heterocycles. The Morgan fingerprint density at radius 3 is 2.62 bits per heavy atom.